The highest BCUT2D eigenvalue weighted by Gasteiger charge is 2.18. The number of anilines is 1. The Balaban J connectivity index is 1.85. The molecule has 0 bridgehead atoms. The molecule has 1 aliphatic carbocycles. The predicted molar refractivity (Wildman–Crippen MR) is 69.9 cm³/mol. The minimum atomic E-state index is 0.426. The summed E-state index contributed by atoms with van der Waals surface area (Å²) in [5, 5.41) is 3.42. The van der Waals surface area contributed by atoms with Crippen LogP contribution >= 0.6 is 0 Å². The highest BCUT2D eigenvalue weighted by atomic mass is 15.0. The van der Waals surface area contributed by atoms with Gasteiger partial charge in [0.1, 0.15) is 11.6 Å². The quantitative estimate of drug-likeness (QED) is 0.840. The molecule has 0 aromatic carbocycles. The van der Waals surface area contributed by atoms with Crippen molar-refractivity contribution in [2.75, 3.05) is 11.9 Å². The monoisotopic (exact) mass is 234 g/mol. The maximum Gasteiger partial charge on any atom is 0.129 e. The van der Waals surface area contributed by atoms with Crippen LogP contribution in [0.25, 0.3) is 0 Å². The Morgan fingerprint density at radius 3 is 2.59 bits per heavy atom. The van der Waals surface area contributed by atoms with E-state index < -0.39 is 0 Å². The number of nitrogens with two attached hydrogens (primary N) is 1. The van der Waals surface area contributed by atoms with Gasteiger partial charge in [0.15, 0.2) is 0 Å². The number of nitrogens with zero attached hydrogens (tertiary/aromatic N) is 2. The molecule has 17 heavy (non-hydrogen) atoms. The number of rotatable bonds is 3. The van der Waals surface area contributed by atoms with E-state index in [1.54, 1.807) is 0 Å². The predicted octanol–water partition coefficient (Wildman–Crippen LogP) is 2.02. The molecule has 0 saturated heterocycles. The smallest absolute Gasteiger partial charge is 0.129 e. The topological polar surface area (TPSA) is 63.8 Å². The second-order valence-corrected chi connectivity index (χ2v) is 5.10. The van der Waals surface area contributed by atoms with Gasteiger partial charge in [0.2, 0.25) is 0 Å². The highest BCUT2D eigenvalue weighted by molar-refractivity contribution is 5.35. The molecule has 3 N–H and O–H groups in total. The molecule has 1 fully saturated rings. The van der Waals surface area contributed by atoms with Crippen LogP contribution in [0.3, 0.4) is 0 Å². The van der Waals surface area contributed by atoms with Gasteiger partial charge >= 0.3 is 0 Å². The molecule has 94 valence electrons. The van der Waals surface area contributed by atoms with Gasteiger partial charge in [-0.25, -0.2) is 9.97 Å². The summed E-state index contributed by atoms with van der Waals surface area (Å²) in [6.07, 6.45) is 4.79. The number of hydrogen-bond donors (Lipinski definition) is 2. The average Bonchev–Trinajstić information content (AvgIpc) is 2.27. The first-order chi connectivity index (χ1) is 8.13. The highest BCUT2D eigenvalue weighted by Crippen LogP contribution is 2.23. The SMILES string of the molecule is Cc1cc(NCC2CCC(N)CC2)nc(C)n1. The third kappa shape index (κ3) is 3.66. The van der Waals surface area contributed by atoms with Gasteiger partial charge in [0.25, 0.3) is 0 Å². The molecule has 1 aromatic rings. The van der Waals surface area contributed by atoms with Gasteiger partial charge in [-0.3, -0.25) is 0 Å². The van der Waals surface area contributed by atoms with Crippen molar-refractivity contribution in [1.29, 1.82) is 0 Å². The Morgan fingerprint density at radius 1 is 1.24 bits per heavy atom. The molecule has 4 heteroatoms. The van der Waals surface area contributed by atoms with Crippen molar-refractivity contribution in [3.05, 3.63) is 17.6 Å². The number of aryl methyl sites for hydroxylation is 2. The van der Waals surface area contributed by atoms with Crippen molar-refractivity contribution in [2.45, 2.75) is 45.6 Å². The molecule has 0 unspecified atom stereocenters. The lowest BCUT2D eigenvalue weighted by Gasteiger charge is -2.26. The van der Waals surface area contributed by atoms with E-state index >= 15 is 0 Å². The fraction of sp³-hybridized carbons (Fsp3) is 0.692. The Morgan fingerprint density at radius 2 is 1.94 bits per heavy atom. The lowest BCUT2D eigenvalue weighted by atomic mass is 9.86. The lowest BCUT2D eigenvalue weighted by Crippen LogP contribution is -2.29. The average molecular weight is 234 g/mol. The summed E-state index contributed by atoms with van der Waals surface area (Å²) < 4.78 is 0. The van der Waals surface area contributed by atoms with Crippen molar-refractivity contribution >= 4 is 5.82 Å². The van der Waals surface area contributed by atoms with Crippen LogP contribution in [0.15, 0.2) is 6.07 Å². The lowest BCUT2D eigenvalue weighted by molar-refractivity contribution is 0.338. The molecule has 0 radical (unpaired) electrons. The van der Waals surface area contributed by atoms with Gasteiger partial charge in [0, 0.05) is 24.3 Å². The molecule has 1 aliphatic rings. The van der Waals surface area contributed by atoms with Crippen LogP contribution in [0.1, 0.15) is 37.2 Å². The standard InChI is InChI=1S/C13H22N4/c1-9-7-13(17-10(2)16-9)15-8-11-3-5-12(14)6-4-11/h7,11-12H,3-6,8,14H2,1-2H3,(H,15,16,17). The van der Waals surface area contributed by atoms with Gasteiger partial charge in [-0.05, 0) is 45.4 Å². The third-order valence-electron chi connectivity index (χ3n) is 3.43. The van der Waals surface area contributed by atoms with E-state index in [0.29, 0.717) is 6.04 Å². The van der Waals surface area contributed by atoms with Crippen LogP contribution in [-0.2, 0) is 0 Å². The fourth-order valence-electron chi connectivity index (χ4n) is 2.45. The second-order valence-electron chi connectivity index (χ2n) is 5.10. The molecular weight excluding hydrogens is 212 g/mol. The first kappa shape index (κ1) is 12.3. The Hall–Kier alpha value is -1.16. The van der Waals surface area contributed by atoms with Gasteiger partial charge in [-0.2, -0.15) is 0 Å². The zero-order valence-electron chi connectivity index (χ0n) is 10.7. The van der Waals surface area contributed by atoms with Crippen LogP contribution in [0.2, 0.25) is 0 Å². The maximum atomic E-state index is 5.90. The van der Waals surface area contributed by atoms with Crippen LogP contribution < -0.4 is 11.1 Å². The van der Waals surface area contributed by atoms with Crippen LogP contribution in [-0.4, -0.2) is 22.6 Å². The zero-order valence-corrected chi connectivity index (χ0v) is 10.7. The van der Waals surface area contributed by atoms with E-state index in [2.05, 4.69) is 15.3 Å². The third-order valence-corrected chi connectivity index (χ3v) is 3.43. The van der Waals surface area contributed by atoms with Crippen molar-refractivity contribution in [1.82, 2.24) is 9.97 Å². The van der Waals surface area contributed by atoms with Crippen molar-refractivity contribution in [3.8, 4) is 0 Å². The first-order valence-corrected chi connectivity index (χ1v) is 6.45. The van der Waals surface area contributed by atoms with Crippen molar-refractivity contribution in [2.24, 2.45) is 11.7 Å². The summed E-state index contributed by atoms with van der Waals surface area (Å²) in [4.78, 5) is 8.66. The van der Waals surface area contributed by atoms with E-state index in [-0.39, 0.29) is 0 Å². The molecule has 4 nitrogen and oxygen atoms in total. The molecule has 2 rings (SSSR count). The van der Waals surface area contributed by atoms with Gasteiger partial charge in [-0.1, -0.05) is 0 Å². The Kier molecular flexibility index (Phi) is 3.94. The molecule has 1 aromatic heterocycles. The minimum Gasteiger partial charge on any atom is -0.370 e. The summed E-state index contributed by atoms with van der Waals surface area (Å²) in [6.45, 7) is 4.93. The van der Waals surface area contributed by atoms with Crippen LogP contribution in [0.5, 0.6) is 0 Å². The van der Waals surface area contributed by atoms with Crippen molar-refractivity contribution in [3.63, 3.8) is 0 Å². The molecule has 1 saturated carbocycles. The number of nitrogens with one attached hydrogen (secondary N) is 1. The van der Waals surface area contributed by atoms with E-state index in [1.165, 1.54) is 12.8 Å². The molecule has 1 heterocycles. The summed E-state index contributed by atoms with van der Waals surface area (Å²) in [5.41, 5.74) is 6.92. The van der Waals surface area contributed by atoms with Gasteiger partial charge in [0.05, 0.1) is 0 Å². The van der Waals surface area contributed by atoms with Crippen molar-refractivity contribution < 1.29 is 0 Å². The molecule has 0 spiro atoms. The van der Waals surface area contributed by atoms with E-state index in [9.17, 15) is 0 Å². The summed E-state index contributed by atoms with van der Waals surface area (Å²) in [6, 6.07) is 2.43. The van der Waals surface area contributed by atoms with Crippen LogP contribution in [0.4, 0.5) is 5.82 Å². The fourth-order valence-corrected chi connectivity index (χ4v) is 2.45. The first-order valence-electron chi connectivity index (χ1n) is 6.45. The normalized spacial score (nSPS) is 24.6. The zero-order chi connectivity index (χ0) is 12.3. The summed E-state index contributed by atoms with van der Waals surface area (Å²) in [5.74, 6) is 2.52. The van der Waals surface area contributed by atoms with Crippen LogP contribution in [0, 0.1) is 19.8 Å². The van der Waals surface area contributed by atoms with E-state index in [0.717, 1.165) is 42.6 Å². The van der Waals surface area contributed by atoms with Gasteiger partial charge < -0.3 is 11.1 Å². The minimum absolute atomic E-state index is 0.426. The Labute approximate surface area is 103 Å². The molecular formula is C13H22N4. The molecule has 0 atom stereocenters. The number of aromatic nitrogens is 2. The summed E-state index contributed by atoms with van der Waals surface area (Å²) >= 11 is 0. The Bertz CT molecular complexity index is 349. The number of hydrogen-bond acceptors (Lipinski definition) is 4. The van der Waals surface area contributed by atoms with E-state index in [4.69, 9.17) is 5.73 Å². The summed E-state index contributed by atoms with van der Waals surface area (Å²) in [7, 11) is 0. The molecule has 0 aliphatic heterocycles. The second kappa shape index (κ2) is 5.45. The largest absolute Gasteiger partial charge is 0.370 e. The maximum absolute atomic E-state index is 5.90. The molecule has 0 amide bonds. The van der Waals surface area contributed by atoms with Gasteiger partial charge in [-0.15, -0.1) is 0 Å². The van der Waals surface area contributed by atoms with E-state index in [1.807, 2.05) is 19.9 Å².